The Labute approximate surface area is 34.9 Å². The molecule has 0 radical (unpaired) electrons. The van der Waals surface area contributed by atoms with Crippen LogP contribution in [0.2, 0.25) is 0 Å². The zero-order valence-electron chi connectivity index (χ0n) is 2.96. The minimum absolute atomic E-state index is 0. The van der Waals surface area contributed by atoms with Gasteiger partial charge in [0.15, 0.2) is 0 Å². The molecule has 4 heteroatoms. The van der Waals surface area contributed by atoms with Gasteiger partial charge in [-0.15, -0.1) is 0 Å². The van der Waals surface area contributed by atoms with Crippen LogP contribution in [0.25, 0.3) is 0 Å². The molecular formula is C2H5NO3. The summed E-state index contributed by atoms with van der Waals surface area (Å²) in [5.41, 5.74) is 0. The van der Waals surface area contributed by atoms with Crippen LogP contribution in [-0.4, -0.2) is 17.1 Å². The first-order valence-electron chi connectivity index (χ1n) is 0.752. The SMILES string of the molecule is C#N.O.O=CO. The maximum absolute atomic E-state index is 8.36. The molecule has 0 atom stereocenters. The van der Waals surface area contributed by atoms with Gasteiger partial charge in [0.2, 0.25) is 0 Å². The molecule has 0 aliphatic heterocycles. The van der Waals surface area contributed by atoms with Crippen LogP contribution in [0.5, 0.6) is 0 Å². The number of hydrogen-bond acceptors (Lipinski definition) is 2. The van der Waals surface area contributed by atoms with Crippen LogP contribution >= 0.6 is 0 Å². The Morgan fingerprint density at radius 2 is 1.67 bits per heavy atom. The third-order valence-corrected chi connectivity index (χ3v) is 0. The normalized spacial score (nSPS) is 2.33. The Bertz CT molecular complexity index is 33.0. The Hall–Kier alpha value is -1.08. The summed E-state index contributed by atoms with van der Waals surface area (Å²) in [5, 5.41) is 13.4. The lowest BCUT2D eigenvalue weighted by atomic mass is 11.7. The Morgan fingerprint density at radius 1 is 1.67 bits per heavy atom. The predicted molar refractivity (Wildman–Crippen MR) is 19.0 cm³/mol. The highest BCUT2D eigenvalue weighted by molar-refractivity contribution is 5.32. The van der Waals surface area contributed by atoms with Crippen molar-refractivity contribution in [2.45, 2.75) is 0 Å². The lowest BCUT2D eigenvalue weighted by Crippen LogP contribution is -1.49. The molecule has 0 aliphatic rings. The molecule has 0 heterocycles. The van der Waals surface area contributed by atoms with E-state index in [1.807, 2.05) is 0 Å². The molecule has 6 heavy (non-hydrogen) atoms. The molecule has 0 fully saturated rings. The highest BCUT2D eigenvalue weighted by Crippen LogP contribution is 0.966. The second kappa shape index (κ2) is 5220. The third-order valence-electron chi connectivity index (χ3n) is 0. The van der Waals surface area contributed by atoms with Crippen LogP contribution in [0.4, 0.5) is 0 Å². The van der Waals surface area contributed by atoms with Crippen molar-refractivity contribution in [3.63, 3.8) is 0 Å². The predicted octanol–water partition coefficient (Wildman–Crippen LogP) is -0.984. The van der Waals surface area contributed by atoms with Gasteiger partial charge in [-0.3, -0.25) is 4.79 Å². The van der Waals surface area contributed by atoms with Gasteiger partial charge in [-0.1, -0.05) is 0 Å². The highest BCUT2D eigenvalue weighted by Gasteiger charge is 1.22. The molecule has 0 aromatic heterocycles. The van der Waals surface area contributed by atoms with E-state index in [2.05, 4.69) is 6.57 Å². The average molecular weight is 91.1 g/mol. The monoisotopic (exact) mass is 91.0 g/mol. The van der Waals surface area contributed by atoms with Crippen LogP contribution in [0.15, 0.2) is 0 Å². The van der Waals surface area contributed by atoms with E-state index in [0.29, 0.717) is 0 Å². The van der Waals surface area contributed by atoms with E-state index in [1.165, 1.54) is 0 Å². The summed E-state index contributed by atoms with van der Waals surface area (Å²) in [6, 6.07) is 0. The quantitative estimate of drug-likeness (QED) is 0.388. The van der Waals surface area contributed by atoms with Crippen molar-refractivity contribution in [3.05, 3.63) is 0 Å². The fraction of sp³-hybridized carbons (Fsp3) is 0. The van der Waals surface area contributed by atoms with Crippen molar-refractivity contribution in [1.29, 1.82) is 5.26 Å². The van der Waals surface area contributed by atoms with E-state index in [0.717, 1.165) is 0 Å². The maximum Gasteiger partial charge on any atom is 0.290 e. The zero-order valence-corrected chi connectivity index (χ0v) is 2.96. The molecule has 0 amide bonds. The molecular weight excluding hydrogens is 86.0 g/mol. The van der Waals surface area contributed by atoms with E-state index < -0.39 is 0 Å². The highest BCUT2D eigenvalue weighted by atomic mass is 16.3. The maximum atomic E-state index is 8.36. The van der Waals surface area contributed by atoms with E-state index >= 15 is 0 Å². The second-order valence-electron chi connectivity index (χ2n) is 0.105. The molecule has 0 saturated carbocycles. The smallest absolute Gasteiger partial charge is 0.290 e. The van der Waals surface area contributed by atoms with Crippen LogP contribution < -0.4 is 0 Å². The number of rotatable bonds is 0. The Morgan fingerprint density at radius 3 is 1.67 bits per heavy atom. The van der Waals surface area contributed by atoms with Gasteiger partial charge in [-0.2, -0.15) is 0 Å². The van der Waals surface area contributed by atoms with Crippen molar-refractivity contribution in [1.82, 2.24) is 0 Å². The van der Waals surface area contributed by atoms with Gasteiger partial charge in [-0.05, 0) is 0 Å². The molecule has 4 nitrogen and oxygen atoms in total. The summed E-state index contributed by atoms with van der Waals surface area (Å²) in [4.78, 5) is 8.36. The summed E-state index contributed by atoms with van der Waals surface area (Å²) < 4.78 is 0. The van der Waals surface area contributed by atoms with Crippen LogP contribution in [0.3, 0.4) is 0 Å². The molecule has 0 unspecified atom stereocenters. The Kier molecular flexibility index (Phi) is 17900. The van der Waals surface area contributed by atoms with Crippen LogP contribution in [-0.2, 0) is 4.79 Å². The first-order valence-corrected chi connectivity index (χ1v) is 0.752. The van der Waals surface area contributed by atoms with Crippen LogP contribution in [0.1, 0.15) is 0 Å². The number of carbonyl (C=O) groups is 1. The molecule has 36 valence electrons. The van der Waals surface area contributed by atoms with Crippen molar-refractivity contribution < 1.29 is 15.4 Å². The van der Waals surface area contributed by atoms with Crippen molar-refractivity contribution in [2.24, 2.45) is 0 Å². The fourth-order valence-corrected chi connectivity index (χ4v) is 0. The number of nitriles is 1. The van der Waals surface area contributed by atoms with Gasteiger partial charge in [0, 0.05) is 6.57 Å². The van der Waals surface area contributed by atoms with Gasteiger partial charge in [-0.25, -0.2) is 5.26 Å². The summed E-state index contributed by atoms with van der Waals surface area (Å²) >= 11 is 0. The van der Waals surface area contributed by atoms with Crippen LogP contribution in [0, 0.1) is 11.8 Å². The fourth-order valence-electron chi connectivity index (χ4n) is 0. The molecule has 0 bridgehead atoms. The van der Waals surface area contributed by atoms with E-state index in [1.54, 1.807) is 0 Å². The van der Waals surface area contributed by atoms with E-state index in [9.17, 15) is 0 Å². The molecule has 3 N–H and O–H groups in total. The third kappa shape index (κ3) is 9.23. The van der Waals surface area contributed by atoms with Gasteiger partial charge in [0.1, 0.15) is 0 Å². The zero-order chi connectivity index (χ0) is 4.71. The molecule has 0 aromatic carbocycles. The molecule has 0 aromatic rings. The van der Waals surface area contributed by atoms with E-state index in [-0.39, 0.29) is 11.9 Å². The molecule has 0 aliphatic carbocycles. The summed E-state index contributed by atoms with van der Waals surface area (Å²) in [6.07, 6.45) is 0. The minimum atomic E-state index is -0.250. The van der Waals surface area contributed by atoms with Crippen molar-refractivity contribution >= 4 is 6.47 Å². The summed E-state index contributed by atoms with van der Waals surface area (Å²) in [7, 11) is 0. The van der Waals surface area contributed by atoms with Gasteiger partial charge < -0.3 is 10.6 Å². The standard InChI is InChI=1S/CHN.CH2O2.H2O/c1-2;2-1-3;/h1H;1H,(H,2,3);1H2. The molecule has 0 spiro atoms. The summed E-state index contributed by atoms with van der Waals surface area (Å²) in [5.74, 6) is 0. The number of hydrogen-bond donors (Lipinski definition) is 1. The largest absolute Gasteiger partial charge is 0.483 e. The number of nitrogens with zero attached hydrogens (tertiary/aromatic N) is 1. The lowest BCUT2D eigenvalue weighted by Gasteiger charge is -1.34. The average Bonchev–Trinajstić information content (AvgIpc) is 1.46. The first kappa shape index (κ1) is 20.5. The van der Waals surface area contributed by atoms with E-state index in [4.69, 9.17) is 15.2 Å². The first-order chi connectivity index (χ1) is 2.41. The second-order valence-corrected chi connectivity index (χ2v) is 0.105. The minimum Gasteiger partial charge on any atom is -0.483 e. The van der Waals surface area contributed by atoms with Gasteiger partial charge >= 0.3 is 0 Å². The number of carboxylic acid groups (broad SMARTS) is 1. The van der Waals surface area contributed by atoms with Crippen molar-refractivity contribution in [2.75, 3.05) is 0 Å². The topological polar surface area (TPSA) is 92.6 Å². The summed E-state index contributed by atoms with van der Waals surface area (Å²) in [6.45, 7) is 3.25. The molecule has 0 saturated heterocycles. The molecule has 0 rings (SSSR count). The lowest BCUT2D eigenvalue weighted by molar-refractivity contribution is -0.122. The Balaban J connectivity index is -0.0000000275. The van der Waals surface area contributed by atoms with Gasteiger partial charge in [0.25, 0.3) is 6.47 Å². The van der Waals surface area contributed by atoms with Gasteiger partial charge in [0.05, 0.1) is 0 Å². The van der Waals surface area contributed by atoms with Crippen molar-refractivity contribution in [3.8, 4) is 6.57 Å².